The summed E-state index contributed by atoms with van der Waals surface area (Å²) in [6.07, 6.45) is 0.814. The van der Waals surface area contributed by atoms with E-state index in [-0.39, 0.29) is 12.5 Å². The molecule has 2 N–H and O–H groups in total. The molecule has 0 aliphatic heterocycles. The van der Waals surface area contributed by atoms with E-state index in [2.05, 4.69) is 19.2 Å². The molecular formula is C20H27NO4. The molecule has 136 valence electrons. The van der Waals surface area contributed by atoms with Gasteiger partial charge < -0.3 is 19.6 Å². The highest BCUT2D eigenvalue weighted by Gasteiger charge is 2.28. The Labute approximate surface area is 149 Å². The van der Waals surface area contributed by atoms with E-state index in [1.54, 1.807) is 26.0 Å². The van der Waals surface area contributed by atoms with E-state index >= 15 is 0 Å². The fourth-order valence-electron chi connectivity index (χ4n) is 2.54. The number of hydrogen-bond donors (Lipinski definition) is 2. The largest absolute Gasteiger partial charge is 0.481 e. The van der Waals surface area contributed by atoms with Crippen LogP contribution in [0.4, 0.5) is 0 Å². The molecule has 1 aromatic carbocycles. The van der Waals surface area contributed by atoms with Crippen LogP contribution in [0.3, 0.4) is 0 Å². The number of hydrogen-bond acceptors (Lipinski definition) is 4. The Balaban J connectivity index is 2.00. The number of benzene rings is 1. The molecule has 0 aliphatic rings. The lowest BCUT2D eigenvalue weighted by atomic mass is 10.0. The van der Waals surface area contributed by atoms with Gasteiger partial charge in [0.25, 0.3) is 5.91 Å². The maximum Gasteiger partial charge on any atom is 0.260 e. The number of rotatable bonds is 7. The Kier molecular flexibility index (Phi) is 5.90. The van der Waals surface area contributed by atoms with Crippen molar-refractivity contribution >= 4 is 5.91 Å². The predicted octanol–water partition coefficient (Wildman–Crippen LogP) is 3.50. The molecule has 0 saturated heterocycles. The first kappa shape index (κ1) is 19.1. The molecule has 0 radical (unpaired) electrons. The summed E-state index contributed by atoms with van der Waals surface area (Å²) in [4.78, 5) is 12.4. The standard InChI is InChI=1S/C20H27NO4/c1-13(2)16-9-8-14(3)11-17(16)25-15(4)19(22)21-12-20(5,23)18-7-6-10-24-18/h6-11,13,15,23H,12H2,1-5H3,(H,21,22). The minimum atomic E-state index is -1.27. The van der Waals surface area contributed by atoms with Gasteiger partial charge in [-0.2, -0.15) is 0 Å². The molecule has 2 atom stereocenters. The first-order chi connectivity index (χ1) is 11.7. The molecule has 0 fully saturated rings. The average Bonchev–Trinajstić information content (AvgIpc) is 3.07. The van der Waals surface area contributed by atoms with E-state index in [4.69, 9.17) is 9.15 Å². The van der Waals surface area contributed by atoms with E-state index in [1.165, 1.54) is 6.26 Å². The highest BCUT2D eigenvalue weighted by Crippen LogP contribution is 2.28. The van der Waals surface area contributed by atoms with Crippen LogP contribution in [0.1, 0.15) is 50.5 Å². The molecule has 5 heteroatoms. The van der Waals surface area contributed by atoms with E-state index < -0.39 is 11.7 Å². The zero-order valence-corrected chi connectivity index (χ0v) is 15.5. The molecule has 0 bridgehead atoms. The smallest absolute Gasteiger partial charge is 0.260 e. The third-order valence-corrected chi connectivity index (χ3v) is 4.12. The molecule has 2 rings (SSSR count). The fourth-order valence-corrected chi connectivity index (χ4v) is 2.54. The van der Waals surface area contributed by atoms with Crippen LogP contribution in [0, 0.1) is 6.92 Å². The first-order valence-corrected chi connectivity index (χ1v) is 8.52. The summed E-state index contributed by atoms with van der Waals surface area (Å²) < 4.78 is 11.1. The monoisotopic (exact) mass is 345 g/mol. The summed E-state index contributed by atoms with van der Waals surface area (Å²) in [5.41, 5.74) is 0.867. The zero-order chi connectivity index (χ0) is 18.6. The zero-order valence-electron chi connectivity index (χ0n) is 15.5. The highest BCUT2D eigenvalue weighted by atomic mass is 16.5. The molecule has 1 amide bonds. The van der Waals surface area contributed by atoms with Crippen LogP contribution in [-0.2, 0) is 10.4 Å². The molecule has 2 aromatic rings. The number of carbonyl (C=O) groups is 1. The SMILES string of the molecule is Cc1ccc(C(C)C)c(OC(C)C(=O)NCC(C)(O)c2ccco2)c1. The van der Waals surface area contributed by atoms with Gasteiger partial charge in [-0.15, -0.1) is 0 Å². The summed E-state index contributed by atoms with van der Waals surface area (Å²) in [6, 6.07) is 9.38. The maximum atomic E-state index is 12.4. The van der Waals surface area contributed by atoms with Gasteiger partial charge in [0.15, 0.2) is 6.10 Å². The van der Waals surface area contributed by atoms with Gasteiger partial charge in [-0.05, 0) is 56.0 Å². The van der Waals surface area contributed by atoms with Gasteiger partial charge in [0.1, 0.15) is 17.1 Å². The summed E-state index contributed by atoms with van der Waals surface area (Å²) in [5, 5.41) is 13.1. The van der Waals surface area contributed by atoms with Crippen molar-refractivity contribution in [2.45, 2.75) is 52.2 Å². The van der Waals surface area contributed by atoms with Crippen LogP contribution in [0.2, 0.25) is 0 Å². The van der Waals surface area contributed by atoms with Crippen molar-refractivity contribution in [1.29, 1.82) is 0 Å². The van der Waals surface area contributed by atoms with Gasteiger partial charge >= 0.3 is 0 Å². The number of carbonyl (C=O) groups excluding carboxylic acids is 1. The molecule has 5 nitrogen and oxygen atoms in total. The van der Waals surface area contributed by atoms with Crippen molar-refractivity contribution in [3.8, 4) is 5.75 Å². The van der Waals surface area contributed by atoms with Crippen molar-refractivity contribution in [2.24, 2.45) is 0 Å². The molecule has 0 spiro atoms. The number of amides is 1. The number of nitrogens with one attached hydrogen (secondary N) is 1. The summed E-state index contributed by atoms with van der Waals surface area (Å²) in [6.45, 7) is 9.49. The van der Waals surface area contributed by atoms with Crippen LogP contribution < -0.4 is 10.1 Å². The average molecular weight is 345 g/mol. The third kappa shape index (κ3) is 4.86. The van der Waals surface area contributed by atoms with E-state index in [9.17, 15) is 9.90 Å². The van der Waals surface area contributed by atoms with E-state index in [0.29, 0.717) is 11.7 Å². The molecule has 0 saturated carbocycles. The van der Waals surface area contributed by atoms with Gasteiger partial charge in [0, 0.05) is 0 Å². The van der Waals surface area contributed by atoms with E-state index in [1.807, 2.05) is 25.1 Å². The van der Waals surface area contributed by atoms with Crippen LogP contribution >= 0.6 is 0 Å². The number of aliphatic hydroxyl groups is 1. The lowest BCUT2D eigenvalue weighted by Crippen LogP contribution is -2.43. The molecule has 1 heterocycles. The molecular weight excluding hydrogens is 318 g/mol. The Bertz CT molecular complexity index is 704. The van der Waals surface area contributed by atoms with Gasteiger partial charge in [0.05, 0.1) is 12.8 Å². The molecule has 1 aromatic heterocycles. The molecule has 25 heavy (non-hydrogen) atoms. The fraction of sp³-hybridized carbons (Fsp3) is 0.450. The minimum Gasteiger partial charge on any atom is -0.481 e. The lowest BCUT2D eigenvalue weighted by molar-refractivity contribution is -0.128. The first-order valence-electron chi connectivity index (χ1n) is 8.52. The van der Waals surface area contributed by atoms with Crippen molar-refractivity contribution in [2.75, 3.05) is 6.54 Å². The quantitative estimate of drug-likeness (QED) is 0.806. The number of furan rings is 1. The highest BCUT2D eigenvalue weighted by molar-refractivity contribution is 5.80. The lowest BCUT2D eigenvalue weighted by Gasteiger charge is -2.23. The van der Waals surface area contributed by atoms with Crippen LogP contribution in [0.5, 0.6) is 5.75 Å². The Morgan fingerprint density at radius 3 is 2.64 bits per heavy atom. The second kappa shape index (κ2) is 7.74. The third-order valence-electron chi connectivity index (χ3n) is 4.12. The molecule has 0 aliphatic carbocycles. The van der Waals surface area contributed by atoms with Crippen LogP contribution in [0.15, 0.2) is 41.0 Å². The second-order valence-corrected chi connectivity index (χ2v) is 6.93. The maximum absolute atomic E-state index is 12.4. The predicted molar refractivity (Wildman–Crippen MR) is 96.6 cm³/mol. The Morgan fingerprint density at radius 1 is 1.32 bits per heavy atom. The normalized spacial score (nSPS) is 14.8. The second-order valence-electron chi connectivity index (χ2n) is 6.93. The van der Waals surface area contributed by atoms with Gasteiger partial charge in [-0.3, -0.25) is 4.79 Å². The minimum absolute atomic E-state index is 0.0396. The van der Waals surface area contributed by atoms with Gasteiger partial charge in [0.2, 0.25) is 0 Å². The van der Waals surface area contributed by atoms with Crippen molar-refractivity contribution in [3.05, 3.63) is 53.5 Å². The number of aryl methyl sites for hydroxylation is 1. The van der Waals surface area contributed by atoms with Crippen molar-refractivity contribution in [1.82, 2.24) is 5.32 Å². The summed E-state index contributed by atoms with van der Waals surface area (Å²) in [7, 11) is 0. The molecule has 2 unspecified atom stereocenters. The Hall–Kier alpha value is -2.27. The van der Waals surface area contributed by atoms with E-state index in [0.717, 1.165) is 16.9 Å². The Morgan fingerprint density at radius 2 is 2.04 bits per heavy atom. The summed E-state index contributed by atoms with van der Waals surface area (Å²) in [5.74, 6) is 1.13. The van der Waals surface area contributed by atoms with Gasteiger partial charge in [-0.25, -0.2) is 0 Å². The van der Waals surface area contributed by atoms with Crippen LogP contribution in [0.25, 0.3) is 0 Å². The van der Waals surface area contributed by atoms with Crippen LogP contribution in [-0.4, -0.2) is 23.7 Å². The van der Waals surface area contributed by atoms with Crippen molar-refractivity contribution in [3.63, 3.8) is 0 Å². The number of ether oxygens (including phenoxy) is 1. The van der Waals surface area contributed by atoms with Gasteiger partial charge in [-0.1, -0.05) is 26.0 Å². The summed E-state index contributed by atoms with van der Waals surface area (Å²) >= 11 is 0. The van der Waals surface area contributed by atoms with Crippen molar-refractivity contribution < 1.29 is 19.1 Å². The topological polar surface area (TPSA) is 71.7 Å².